The standard InChI is InChI=1S/C15H17NO2S/c1-14(2)11-12(15(3,4)18-14)19-13(16-11)9-5-7-10(17)8-6-9/h5-8,17H,1-4H3. The van der Waals surface area contributed by atoms with Gasteiger partial charge in [-0.1, -0.05) is 0 Å². The number of benzene rings is 1. The van der Waals surface area contributed by atoms with Gasteiger partial charge in [0.2, 0.25) is 0 Å². The maximum Gasteiger partial charge on any atom is 0.124 e. The molecular weight excluding hydrogens is 258 g/mol. The average Bonchev–Trinajstić information content (AvgIpc) is 2.80. The first kappa shape index (κ1) is 12.6. The zero-order valence-electron chi connectivity index (χ0n) is 11.5. The van der Waals surface area contributed by atoms with E-state index in [9.17, 15) is 5.11 Å². The van der Waals surface area contributed by atoms with E-state index < -0.39 is 0 Å². The van der Waals surface area contributed by atoms with Gasteiger partial charge >= 0.3 is 0 Å². The third-order valence-corrected chi connectivity index (χ3v) is 4.78. The largest absolute Gasteiger partial charge is 0.508 e. The van der Waals surface area contributed by atoms with Gasteiger partial charge in [0.05, 0.1) is 16.2 Å². The molecule has 1 aromatic carbocycles. The number of nitrogens with zero attached hydrogens (tertiary/aromatic N) is 1. The fourth-order valence-corrected chi connectivity index (χ4v) is 3.86. The molecule has 19 heavy (non-hydrogen) atoms. The van der Waals surface area contributed by atoms with E-state index in [0.717, 1.165) is 16.3 Å². The van der Waals surface area contributed by atoms with Gasteiger partial charge in [-0.2, -0.15) is 0 Å². The molecule has 0 bridgehead atoms. The lowest BCUT2D eigenvalue weighted by Crippen LogP contribution is -2.23. The average molecular weight is 275 g/mol. The van der Waals surface area contributed by atoms with Crippen molar-refractivity contribution in [3.05, 3.63) is 34.8 Å². The first-order valence-electron chi connectivity index (χ1n) is 6.31. The van der Waals surface area contributed by atoms with Crippen molar-refractivity contribution in [2.75, 3.05) is 0 Å². The predicted octanol–water partition coefficient (Wildman–Crippen LogP) is 4.02. The van der Waals surface area contributed by atoms with Gasteiger partial charge in [-0.3, -0.25) is 0 Å². The SMILES string of the molecule is CC1(C)OC(C)(C)c2sc(-c3ccc(O)cc3)nc21. The van der Waals surface area contributed by atoms with Gasteiger partial charge in [0.25, 0.3) is 0 Å². The first-order chi connectivity index (χ1) is 8.79. The fraction of sp³-hybridized carbons (Fsp3) is 0.400. The number of fused-ring (bicyclic) bond motifs is 1. The van der Waals surface area contributed by atoms with Crippen molar-refractivity contribution in [2.45, 2.75) is 38.9 Å². The summed E-state index contributed by atoms with van der Waals surface area (Å²) in [5.41, 5.74) is 1.44. The van der Waals surface area contributed by atoms with E-state index in [4.69, 9.17) is 9.72 Å². The minimum atomic E-state index is -0.343. The first-order valence-corrected chi connectivity index (χ1v) is 7.13. The van der Waals surface area contributed by atoms with Crippen LogP contribution in [0, 0.1) is 0 Å². The van der Waals surface area contributed by atoms with Crippen LogP contribution in [0.4, 0.5) is 0 Å². The van der Waals surface area contributed by atoms with E-state index in [1.54, 1.807) is 23.5 Å². The highest BCUT2D eigenvalue weighted by Gasteiger charge is 2.46. The van der Waals surface area contributed by atoms with Crippen LogP contribution in [-0.2, 0) is 15.9 Å². The smallest absolute Gasteiger partial charge is 0.124 e. The summed E-state index contributed by atoms with van der Waals surface area (Å²) in [6, 6.07) is 7.16. The summed E-state index contributed by atoms with van der Waals surface area (Å²) in [5.74, 6) is 0.275. The summed E-state index contributed by atoms with van der Waals surface area (Å²) in [5, 5.41) is 10.3. The molecule has 1 aliphatic rings. The predicted molar refractivity (Wildman–Crippen MR) is 76.4 cm³/mol. The van der Waals surface area contributed by atoms with Crippen molar-refractivity contribution < 1.29 is 9.84 Å². The van der Waals surface area contributed by atoms with Gasteiger partial charge in [-0.05, 0) is 52.0 Å². The maximum absolute atomic E-state index is 9.35. The summed E-state index contributed by atoms with van der Waals surface area (Å²) < 4.78 is 6.06. The normalized spacial score (nSPS) is 19.4. The van der Waals surface area contributed by atoms with Crippen LogP contribution in [0.3, 0.4) is 0 Å². The molecule has 0 saturated heterocycles. The van der Waals surface area contributed by atoms with Crippen molar-refractivity contribution in [3.63, 3.8) is 0 Å². The quantitative estimate of drug-likeness (QED) is 0.855. The molecular formula is C15H17NO2S. The van der Waals surface area contributed by atoms with Gasteiger partial charge in [-0.15, -0.1) is 11.3 Å². The number of rotatable bonds is 1. The highest BCUT2D eigenvalue weighted by Crippen LogP contribution is 2.50. The van der Waals surface area contributed by atoms with Crippen LogP contribution >= 0.6 is 11.3 Å². The van der Waals surface area contributed by atoms with Crippen LogP contribution in [0.2, 0.25) is 0 Å². The van der Waals surface area contributed by atoms with Crippen molar-refractivity contribution in [1.29, 1.82) is 0 Å². The van der Waals surface area contributed by atoms with E-state index in [1.807, 2.05) is 12.1 Å². The Morgan fingerprint density at radius 1 is 1.05 bits per heavy atom. The van der Waals surface area contributed by atoms with Gasteiger partial charge < -0.3 is 9.84 Å². The molecule has 3 nitrogen and oxygen atoms in total. The molecule has 0 aliphatic carbocycles. The Bertz CT molecular complexity index is 595. The molecule has 1 N–H and O–H groups in total. The van der Waals surface area contributed by atoms with Crippen LogP contribution in [0.5, 0.6) is 5.75 Å². The Balaban J connectivity index is 2.11. The monoisotopic (exact) mass is 275 g/mol. The van der Waals surface area contributed by atoms with Crippen molar-refractivity contribution in [2.24, 2.45) is 0 Å². The molecule has 2 aromatic rings. The molecule has 100 valence electrons. The molecule has 1 aliphatic heterocycles. The molecule has 0 saturated carbocycles. The van der Waals surface area contributed by atoms with Gasteiger partial charge in [0.15, 0.2) is 0 Å². The Hall–Kier alpha value is -1.39. The van der Waals surface area contributed by atoms with Gasteiger partial charge in [-0.25, -0.2) is 4.98 Å². The highest BCUT2D eigenvalue weighted by atomic mass is 32.1. The van der Waals surface area contributed by atoms with E-state index in [0.29, 0.717) is 0 Å². The second kappa shape index (κ2) is 3.81. The van der Waals surface area contributed by atoms with Crippen LogP contribution < -0.4 is 0 Å². The summed E-state index contributed by atoms with van der Waals surface area (Å²) in [6.07, 6.45) is 0. The Kier molecular flexibility index (Phi) is 2.53. The third kappa shape index (κ3) is 1.95. The number of aromatic hydroxyl groups is 1. The Morgan fingerprint density at radius 3 is 2.26 bits per heavy atom. The van der Waals surface area contributed by atoms with Crippen LogP contribution in [0.1, 0.15) is 38.3 Å². The fourth-order valence-electron chi connectivity index (χ4n) is 2.60. The summed E-state index contributed by atoms with van der Waals surface area (Å²) in [6.45, 7) is 8.28. The second-order valence-corrected chi connectivity index (χ2v) is 6.87. The van der Waals surface area contributed by atoms with Gasteiger partial charge in [0, 0.05) is 5.56 Å². The zero-order valence-corrected chi connectivity index (χ0v) is 12.3. The molecule has 0 spiro atoms. The molecule has 0 amide bonds. The minimum Gasteiger partial charge on any atom is -0.508 e. The topological polar surface area (TPSA) is 42.4 Å². The zero-order chi connectivity index (χ0) is 13.8. The molecule has 0 radical (unpaired) electrons. The van der Waals surface area contributed by atoms with Crippen LogP contribution in [-0.4, -0.2) is 10.1 Å². The van der Waals surface area contributed by atoms with E-state index in [2.05, 4.69) is 27.7 Å². The summed E-state index contributed by atoms with van der Waals surface area (Å²) in [4.78, 5) is 5.95. The molecule has 3 rings (SSSR count). The Labute approximate surface area is 116 Å². The summed E-state index contributed by atoms with van der Waals surface area (Å²) >= 11 is 1.67. The molecule has 1 aromatic heterocycles. The second-order valence-electron chi connectivity index (χ2n) is 5.87. The van der Waals surface area contributed by atoms with E-state index >= 15 is 0 Å². The molecule has 0 unspecified atom stereocenters. The van der Waals surface area contributed by atoms with Crippen LogP contribution in [0.25, 0.3) is 10.6 Å². The van der Waals surface area contributed by atoms with E-state index in [1.165, 1.54) is 4.88 Å². The number of phenols is 1. The lowest BCUT2D eigenvalue weighted by atomic mass is 10.0. The minimum absolute atomic E-state index is 0.275. The number of ether oxygens (including phenoxy) is 1. The number of hydrogen-bond donors (Lipinski definition) is 1. The van der Waals surface area contributed by atoms with E-state index in [-0.39, 0.29) is 17.0 Å². The lowest BCUT2D eigenvalue weighted by Gasteiger charge is -2.24. The summed E-state index contributed by atoms with van der Waals surface area (Å²) in [7, 11) is 0. The lowest BCUT2D eigenvalue weighted by molar-refractivity contribution is -0.105. The Morgan fingerprint density at radius 2 is 1.68 bits per heavy atom. The molecule has 2 heterocycles. The molecule has 4 heteroatoms. The number of phenolic OH excluding ortho intramolecular Hbond substituents is 1. The van der Waals surface area contributed by atoms with Gasteiger partial charge in [0.1, 0.15) is 16.4 Å². The van der Waals surface area contributed by atoms with Crippen molar-refractivity contribution in [1.82, 2.24) is 4.98 Å². The third-order valence-electron chi connectivity index (χ3n) is 3.37. The number of hydrogen-bond acceptors (Lipinski definition) is 4. The number of thiazole rings is 1. The van der Waals surface area contributed by atoms with Crippen molar-refractivity contribution in [3.8, 4) is 16.3 Å². The highest BCUT2D eigenvalue weighted by molar-refractivity contribution is 7.15. The molecule has 0 atom stereocenters. The maximum atomic E-state index is 9.35. The van der Waals surface area contributed by atoms with Crippen LogP contribution in [0.15, 0.2) is 24.3 Å². The number of aromatic nitrogens is 1. The molecule has 0 fully saturated rings. The van der Waals surface area contributed by atoms with Crippen molar-refractivity contribution >= 4 is 11.3 Å².